The van der Waals surface area contributed by atoms with Crippen molar-refractivity contribution >= 4 is 17.3 Å². The van der Waals surface area contributed by atoms with Gasteiger partial charge in [0.2, 0.25) is 0 Å². The zero-order valence-corrected chi connectivity index (χ0v) is 15.3. The molecular weight excluding hydrogens is 298 g/mol. The van der Waals surface area contributed by atoms with Gasteiger partial charge in [0.25, 0.3) is 0 Å². The lowest BCUT2D eigenvalue weighted by Crippen LogP contribution is -2.12. The predicted octanol–water partition coefficient (Wildman–Crippen LogP) is 5.66. The summed E-state index contributed by atoms with van der Waals surface area (Å²) in [4.78, 5) is 4.99. The van der Waals surface area contributed by atoms with Gasteiger partial charge in [-0.1, -0.05) is 56.0 Å². The maximum absolute atomic E-state index is 2.42. The van der Waals surface area contributed by atoms with Crippen LogP contribution in [0.15, 0.2) is 58.3 Å². The Hall–Kier alpha value is -1.51. The monoisotopic (exact) mass is 323 g/mol. The second kappa shape index (κ2) is 6.94. The molecule has 0 saturated heterocycles. The molecule has 3 rings (SSSR count). The van der Waals surface area contributed by atoms with Gasteiger partial charge in [-0.05, 0) is 66.9 Å². The Bertz CT molecular complexity index is 728. The van der Waals surface area contributed by atoms with Crippen LogP contribution in [0.4, 0.5) is 0 Å². The molecule has 0 spiro atoms. The van der Waals surface area contributed by atoms with Crippen molar-refractivity contribution < 1.29 is 0 Å². The van der Waals surface area contributed by atoms with Gasteiger partial charge in [-0.15, -0.1) is 0 Å². The van der Waals surface area contributed by atoms with Crippen molar-refractivity contribution in [3.05, 3.63) is 65.2 Å². The standard InChI is InChI=1S/C21H25NS/c1-15(2)16-11-12-21-19(14-16)17(9-7-13-22(3)4)18-8-5-6-10-20(18)23-21/h5-6,8-12,14-15H,7,13H2,1-4H3/b17-9-. The van der Waals surface area contributed by atoms with Crippen molar-refractivity contribution in [2.45, 2.75) is 36.0 Å². The first-order valence-electron chi connectivity index (χ1n) is 8.32. The van der Waals surface area contributed by atoms with Crippen LogP contribution in [0.5, 0.6) is 0 Å². The lowest BCUT2D eigenvalue weighted by Gasteiger charge is -2.23. The van der Waals surface area contributed by atoms with E-state index in [1.807, 2.05) is 11.8 Å². The summed E-state index contributed by atoms with van der Waals surface area (Å²) in [5.41, 5.74) is 5.60. The van der Waals surface area contributed by atoms with Crippen molar-refractivity contribution in [1.82, 2.24) is 4.90 Å². The second-order valence-electron chi connectivity index (χ2n) is 6.72. The summed E-state index contributed by atoms with van der Waals surface area (Å²) < 4.78 is 0. The smallest absolute Gasteiger partial charge is 0.0201 e. The Morgan fingerprint density at radius 1 is 1.00 bits per heavy atom. The normalized spacial score (nSPS) is 15.1. The van der Waals surface area contributed by atoms with Crippen LogP contribution in [-0.2, 0) is 0 Å². The van der Waals surface area contributed by atoms with Crippen molar-refractivity contribution in [2.75, 3.05) is 20.6 Å². The summed E-state index contributed by atoms with van der Waals surface area (Å²) in [5.74, 6) is 0.561. The SMILES string of the molecule is CC(C)c1ccc2c(c1)/C(=C\CCN(C)C)c1ccccc1S2. The van der Waals surface area contributed by atoms with Gasteiger partial charge in [0.15, 0.2) is 0 Å². The van der Waals surface area contributed by atoms with Crippen LogP contribution in [0.1, 0.15) is 42.9 Å². The van der Waals surface area contributed by atoms with E-state index in [1.165, 1.54) is 32.1 Å². The summed E-state index contributed by atoms with van der Waals surface area (Å²) in [6.45, 7) is 5.61. The quantitative estimate of drug-likeness (QED) is 0.609. The van der Waals surface area contributed by atoms with Crippen LogP contribution in [0, 0.1) is 0 Å². The van der Waals surface area contributed by atoms with Gasteiger partial charge < -0.3 is 4.90 Å². The molecule has 0 fully saturated rings. The maximum Gasteiger partial charge on any atom is 0.0201 e. The van der Waals surface area contributed by atoms with Crippen LogP contribution in [0.25, 0.3) is 5.57 Å². The zero-order chi connectivity index (χ0) is 16.4. The highest BCUT2D eigenvalue weighted by Gasteiger charge is 2.21. The summed E-state index contributed by atoms with van der Waals surface area (Å²) in [5, 5.41) is 0. The molecule has 0 bridgehead atoms. The average molecular weight is 324 g/mol. The predicted molar refractivity (Wildman–Crippen MR) is 101 cm³/mol. The van der Waals surface area contributed by atoms with Crippen LogP contribution in [0.3, 0.4) is 0 Å². The lowest BCUT2D eigenvalue weighted by atomic mass is 9.92. The van der Waals surface area contributed by atoms with Crippen molar-refractivity contribution in [2.24, 2.45) is 0 Å². The summed E-state index contributed by atoms with van der Waals surface area (Å²) in [6, 6.07) is 15.7. The fourth-order valence-corrected chi connectivity index (χ4v) is 4.02. The van der Waals surface area contributed by atoms with Crippen molar-refractivity contribution in [1.29, 1.82) is 0 Å². The Morgan fingerprint density at radius 3 is 2.48 bits per heavy atom. The molecule has 0 aromatic heterocycles. The lowest BCUT2D eigenvalue weighted by molar-refractivity contribution is 0.417. The third-order valence-electron chi connectivity index (χ3n) is 4.28. The third kappa shape index (κ3) is 3.54. The van der Waals surface area contributed by atoms with E-state index >= 15 is 0 Å². The second-order valence-corrected chi connectivity index (χ2v) is 7.80. The number of fused-ring (bicyclic) bond motifs is 2. The van der Waals surface area contributed by atoms with E-state index < -0.39 is 0 Å². The molecule has 0 atom stereocenters. The first-order valence-corrected chi connectivity index (χ1v) is 9.14. The average Bonchev–Trinajstić information content (AvgIpc) is 2.53. The number of hydrogen-bond donors (Lipinski definition) is 0. The highest BCUT2D eigenvalue weighted by Crippen LogP contribution is 2.46. The highest BCUT2D eigenvalue weighted by atomic mass is 32.2. The van der Waals surface area contributed by atoms with Gasteiger partial charge in [0, 0.05) is 16.3 Å². The molecule has 23 heavy (non-hydrogen) atoms. The maximum atomic E-state index is 2.42. The molecule has 2 aromatic carbocycles. The molecule has 1 heterocycles. The number of rotatable bonds is 4. The Balaban J connectivity index is 2.07. The molecule has 1 aliphatic heterocycles. The highest BCUT2D eigenvalue weighted by molar-refractivity contribution is 7.99. The van der Waals surface area contributed by atoms with E-state index in [2.05, 4.69) is 81.4 Å². The molecule has 0 radical (unpaired) electrons. The first-order chi connectivity index (χ1) is 11.1. The van der Waals surface area contributed by atoms with E-state index in [9.17, 15) is 0 Å². The first kappa shape index (κ1) is 16.4. The Morgan fingerprint density at radius 2 is 1.74 bits per heavy atom. The van der Waals surface area contributed by atoms with Crippen LogP contribution < -0.4 is 0 Å². The van der Waals surface area contributed by atoms with E-state index in [-0.39, 0.29) is 0 Å². The van der Waals surface area contributed by atoms with Gasteiger partial charge in [0.05, 0.1) is 0 Å². The fraction of sp³-hybridized carbons (Fsp3) is 0.333. The van der Waals surface area contributed by atoms with E-state index in [4.69, 9.17) is 0 Å². The molecule has 1 nitrogen and oxygen atoms in total. The van der Waals surface area contributed by atoms with Gasteiger partial charge in [-0.3, -0.25) is 0 Å². The minimum absolute atomic E-state index is 0.561. The number of nitrogens with zero attached hydrogens (tertiary/aromatic N) is 1. The van der Waals surface area contributed by atoms with E-state index in [0.29, 0.717) is 5.92 Å². The van der Waals surface area contributed by atoms with Gasteiger partial charge in [-0.2, -0.15) is 0 Å². The molecule has 0 N–H and O–H groups in total. The minimum Gasteiger partial charge on any atom is -0.309 e. The van der Waals surface area contributed by atoms with Crippen molar-refractivity contribution in [3.63, 3.8) is 0 Å². The minimum atomic E-state index is 0.561. The van der Waals surface area contributed by atoms with Gasteiger partial charge in [-0.25, -0.2) is 0 Å². The molecule has 2 aromatic rings. The third-order valence-corrected chi connectivity index (χ3v) is 5.43. The van der Waals surface area contributed by atoms with Crippen LogP contribution in [-0.4, -0.2) is 25.5 Å². The molecule has 1 aliphatic rings. The molecular formula is C21H25NS. The summed E-state index contributed by atoms with van der Waals surface area (Å²) in [7, 11) is 4.27. The number of benzene rings is 2. The Labute approximate surface area is 144 Å². The molecule has 0 amide bonds. The van der Waals surface area contributed by atoms with Gasteiger partial charge in [0.1, 0.15) is 0 Å². The fourth-order valence-electron chi connectivity index (χ4n) is 2.93. The molecule has 0 saturated carbocycles. The zero-order valence-electron chi connectivity index (χ0n) is 14.5. The largest absolute Gasteiger partial charge is 0.309 e. The van der Waals surface area contributed by atoms with E-state index in [1.54, 1.807) is 0 Å². The molecule has 0 aliphatic carbocycles. The summed E-state index contributed by atoms with van der Waals surface area (Å²) >= 11 is 1.90. The molecule has 0 unspecified atom stereocenters. The Kier molecular flexibility index (Phi) is 4.93. The molecule has 2 heteroatoms. The van der Waals surface area contributed by atoms with Crippen LogP contribution in [0.2, 0.25) is 0 Å². The van der Waals surface area contributed by atoms with E-state index in [0.717, 1.165) is 13.0 Å². The van der Waals surface area contributed by atoms with Gasteiger partial charge >= 0.3 is 0 Å². The summed E-state index contributed by atoms with van der Waals surface area (Å²) in [6.07, 6.45) is 3.49. The van der Waals surface area contributed by atoms with Crippen molar-refractivity contribution in [3.8, 4) is 0 Å². The molecule has 120 valence electrons. The van der Waals surface area contributed by atoms with Crippen LogP contribution >= 0.6 is 11.8 Å². The topological polar surface area (TPSA) is 3.24 Å². The number of hydrogen-bond acceptors (Lipinski definition) is 2.